The van der Waals surface area contributed by atoms with Crippen molar-refractivity contribution in [1.29, 1.82) is 0 Å². The molecule has 0 fully saturated rings. The Hall–Kier alpha value is -0.330. The largest absolute Gasteiger partial charge is 0.235 e. The van der Waals surface area contributed by atoms with Gasteiger partial charge in [0.1, 0.15) is 12.8 Å². The van der Waals surface area contributed by atoms with Crippen molar-refractivity contribution in [3.8, 4) is 0 Å². The van der Waals surface area contributed by atoms with Crippen LogP contribution in [-0.4, -0.2) is 22.9 Å². The number of rotatable bonds is 0. The van der Waals surface area contributed by atoms with Crippen LogP contribution >= 0.6 is 0 Å². The van der Waals surface area contributed by atoms with E-state index in [1.165, 1.54) is 45.1 Å². The van der Waals surface area contributed by atoms with Gasteiger partial charge >= 0.3 is 0 Å². The van der Waals surface area contributed by atoms with Gasteiger partial charge in [-0.05, 0) is 33.6 Å². The molecule has 0 aromatic heterocycles. The Morgan fingerprint density at radius 2 is 1.54 bits per heavy atom. The summed E-state index contributed by atoms with van der Waals surface area (Å²) in [6, 6.07) is 0. The first-order valence-electron chi connectivity index (χ1n) is 5.71. The quantitative estimate of drug-likeness (QED) is 0.506. The van der Waals surface area contributed by atoms with Crippen LogP contribution < -0.4 is 0 Å². The van der Waals surface area contributed by atoms with Crippen molar-refractivity contribution in [1.82, 2.24) is 0 Å². The molecule has 1 heteroatoms. The highest BCUT2D eigenvalue weighted by atomic mass is 15.1. The molecule has 0 saturated carbocycles. The van der Waals surface area contributed by atoms with E-state index in [4.69, 9.17) is 0 Å². The molecular formula is C12H24N+. The van der Waals surface area contributed by atoms with Gasteiger partial charge in [-0.2, -0.15) is 0 Å². The highest BCUT2D eigenvalue weighted by Gasteiger charge is 2.23. The van der Waals surface area contributed by atoms with Crippen molar-refractivity contribution in [2.24, 2.45) is 0 Å². The Balaban J connectivity index is 2.57. The standard InChI is InChI=1S/C12H24N/c1-12(2,3)13-10-8-6-4-5-7-9-11-13/h10H,4-9,11H2,1-3H3/q+1/b13-10+. The molecule has 0 N–H and O–H groups in total. The Morgan fingerprint density at radius 3 is 2.23 bits per heavy atom. The van der Waals surface area contributed by atoms with Gasteiger partial charge in [0.15, 0.2) is 5.54 Å². The summed E-state index contributed by atoms with van der Waals surface area (Å²) in [5, 5.41) is 0. The van der Waals surface area contributed by atoms with E-state index in [2.05, 4.69) is 31.6 Å². The highest BCUT2D eigenvalue weighted by molar-refractivity contribution is 5.51. The Bertz CT molecular complexity index is 174. The van der Waals surface area contributed by atoms with Crippen LogP contribution in [-0.2, 0) is 0 Å². The van der Waals surface area contributed by atoms with Crippen LogP contribution in [0.15, 0.2) is 0 Å². The minimum Gasteiger partial charge on any atom is -0.235 e. The Morgan fingerprint density at radius 1 is 0.923 bits per heavy atom. The van der Waals surface area contributed by atoms with Crippen LogP contribution in [0.5, 0.6) is 0 Å². The number of hydrogen-bond acceptors (Lipinski definition) is 0. The lowest BCUT2D eigenvalue weighted by molar-refractivity contribution is -0.594. The van der Waals surface area contributed by atoms with Gasteiger partial charge in [-0.1, -0.05) is 12.8 Å². The van der Waals surface area contributed by atoms with E-state index in [0.717, 1.165) is 0 Å². The van der Waals surface area contributed by atoms with Crippen LogP contribution in [0.25, 0.3) is 0 Å². The molecule has 0 aromatic rings. The summed E-state index contributed by atoms with van der Waals surface area (Å²) >= 11 is 0. The summed E-state index contributed by atoms with van der Waals surface area (Å²) in [6.45, 7) is 8.17. The summed E-state index contributed by atoms with van der Waals surface area (Å²) in [7, 11) is 0. The molecule has 0 aliphatic carbocycles. The normalized spacial score (nSPS) is 25.3. The SMILES string of the molecule is CC(C)(C)/[N+]1=C/CCCCCCC1. The van der Waals surface area contributed by atoms with Crippen LogP contribution in [0.2, 0.25) is 0 Å². The van der Waals surface area contributed by atoms with Gasteiger partial charge in [0.2, 0.25) is 0 Å². The van der Waals surface area contributed by atoms with Crippen molar-refractivity contribution < 1.29 is 4.58 Å². The zero-order valence-electron chi connectivity index (χ0n) is 9.47. The molecule has 76 valence electrons. The lowest BCUT2D eigenvalue weighted by atomic mass is 10.1. The first-order valence-corrected chi connectivity index (χ1v) is 5.71. The van der Waals surface area contributed by atoms with Gasteiger partial charge < -0.3 is 0 Å². The molecule has 13 heavy (non-hydrogen) atoms. The molecular weight excluding hydrogens is 158 g/mol. The smallest absolute Gasteiger partial charge is 0.153 e. The minimum atomic E-state index is 0.324. The van der Waals surface area contributed by atoms with E-state index in [-0.39, 0.29) is 0 Å². The second kappa shape index (κ2) is 4.78. The molecule has 1 heterocycles. The fourth-order valence-corrected chi connectivity index (χ4v) is 1.90. The predicted molar refractivity (Wildman–Crippen MR) is 58.6 cm³/mol. The van der Waals surface area contributed by atoms with Crippen molar-refractivity contribution >= 4 is 6.21 Å². The van der Waals surface area contributed by atoms with Crippen molar-refractivity contribution in [3.63, 3.8) is 0 Å². The van der Waals surface area contributed by atoms with Crippen molar-refractivity contribution in [2.75, 3.05) is 6.54 Å². The second-order valence-electron chi connectivity index (χ2n) is 5.10. The molecule has 1 nitrogen and oxygen atoms in total. The van der Waals surface area contributed by atoms with Gasteiger partial charge in [-0.3, -0.25) is 0 Å². The predicted octanol–water partition coefficient (Wildman–Crippen LogP) is 3.22. The molecule has 1 rings (SSSR count). The molecule has 0 atom stereocenters. The molecule has 0 aromatic carbocycles. The molecule has 1 aliphatic heterocycles. The fraction of sp³-hybridized carbons (Fsp3) is 0.917. The third kappa shape index (κ3) is 3.93. The van der Waals surface area contributed by atoms with Crippen molar-refractivity contribution in [2.45, 2.75) is 64.8 Å². The first kappa shape index (κ1) is 10.7. The lowest BCUT2D eigenvalue weighted by Gasteiger charge is -2.17. The van der Waals surface area contributed by atoms with Crippen molar-refractivity contribution in [3.05, 3.63) is 0 Å². The molecule has 1 aliphatic rings. The van der Waals surface area contributed by atoms with E-state index >= 15 is 0 Å². The second-order valence-corrected chi connectivity index (χ2v) is 5.10. The highest BCUT2D eigenvalue weighted by Crippen LogP contribution is 2.12. The van der Waals surface area contributed by atoms with Gasteiger partial charge in [0.25, 0.3) is 0 Å². The van der Waals surface area contributed by atoms with Crippen LogP contribution in [0, 0.1) is 0 Å². The average Bonchev–Trinajstić information content (AvgIpc) is 2.14. The van der Waals surface area contributed by atoms with E-state index in [1.54, 1.807) is 0 Å². The van der Waals surface area contributed by atoms with E-state index in [1.807, 2.05) is 0 Å². The fourth-order valence-electron chi connectivity index (χ4n) is 1.90. The summed E-state index contributed by atoms with van der Waals surface area (Å²) < 4.78 is 2.53. The summed E-state index contributed by atoms with van der Waals surface area (Å²) in [4.78, 5) is 0. The third-order valence-electron chi connectivity index (χ3n) is 2.81. The number of hydrogen-bond donors (Lipinski definition) is 0. The summed E-state index contributed by atoms with van der Waals surface area (Å²) in [6.07, 6.45) is 10.7. The molecule has 0 unspecified atom stereocenters. The van der Waals surface area contributed by atoms with Gasteiger partial charge in [-0.15, -0.1) is 0 Å². The Labute approximate surface area is 82.9 Å². The molecule has 0 radical (unpaired) electrons. The van der Waals surface area contributed by atoms with E-state index in [0.29, 0.717) is 5.54 Å². The topological polar surface area (TPSA) is 3.01 Å². The summed E-state index contributed by atoms with van der Waals surface area (Å²) in [5.41, 5.74) is 0.324. The monoisotopic (exact) mass is 182 g/mol. The van der Waals surface area contributed by atoms with Gasteiger partial charge in [0.05, 0.1) is 0 Å². The maximum Gasteiger partial charge on any atom is 0.153 e. The van der Waals surface area contributed by atoms with E-state index in [9.17, 15) is 0 Å². The van der Waals surface area contributed by atoms with Gasteiger partial charge in [0, 0.05) is 12.8 Å². The molecule has 0 amide bonds. The molecule has 0 bridgehead atoms. The average molecular weight is 182 g/mol. The zero-order chi connectivity index (χ0) is 9.73. The lowest BCUT2D eigenvalue weighted by Crippen LogP contribution is -2.34. The maximum absolute atomic E-state index is 2.53. The third-order valence-corrected chi connectivity index (χ3v) is 2.81. The zero-order valence-corrected chi connectivity index (χ0v) is 9.47. The van der Waals surface area contributed by atoms with Gasteiger partial charge in [-0.25, -0.2) is 4.58 Å². The molecule has 0 saturated heterocycles. The van der Waals surface area contributed by atoms with Crippen LogP contribution in [0.4, 0.5) is 0 Å². The Kier molecular flexibility index (Phi) is 3.95. The van der Waals surface area contributed by atoms with Crippen LogP contribution in [0.1, 0.15) is 59.3 Å². The summed E-state index contributed by atoms with van der Waals surface area (Å²) in [5.74, 6) is 0. The number of nitrogens with zero attached hydrogens (tertiary/aromatic N) is 1. The van der Waals surface area contributed by atoms with Crippen LogP contribution in [0.3, 0.4) is 0 Å². The molecule has 0 spiro atoms. The first-order chi connectivity index (χ1) is 6.11. The van der Waals surface area contributed by atoms with E-state index < -0.39 is 0 Å². The minimum absolute atomic E-state index is 0.324. The maximum atomic E-state index is 2.53.